The van der Waals surface area contributed by atoms with E-state index >= 15 is 0 Å². The third kappa shape index (κ3) is 10.4. The van der Waals surface area contributed by atoms with Crippen molar-refractivity contribution in [1.29, 1.82) is 0 Å². The molecule has 0 saturated carbocycles. The number of carbonyl (C=O) groups excluding carboxylic acids is 5. The number of likely N-dealkylation sites (tertiary alicyclic amines) is 1. The maximum atomic E-state index is 13.8. The molecule has 0 aliphatic carbocycles. The molecule has 1 saturated heterocycles. The number of ketones is 1. The van der Waals surface area contributed by atoms with Crippen LogP contribution in [0.2, 0.25) is 0 Å². The van der Waals surface area contributed by atoms with Crippen LogP contribution in [-0.4, -0.2) is 103 Å². The molecular weight excluding hydrogens is 646 g/mol. The maximum Gasteiger partial charge on any atom is 0.286 e. The highest BCUT2D eigenvalue weighted by molar-refractivity contribution is 6.00. The quantitative estimate of drug-likeness (QED) is 0.112. The average molecular weight is 700 g/mol. The van der Waals surface area contributed by atoms with Gasteiger partial charge in [-0.2, -0.15) is 0 Å². The summed E-state index contributed by atoms with van der Waals surface area (Å²) in [6, 6.07) is 2.39. The normalized spacial score (nSPS) is 16.3. The molecule has 1 aliphatic rings. The largest absolute Gasteiger partial charge is 0.417 e. The lowest BCUT2D eigenvalue weighted by Crippen LogP contribution is -2.57. The summed E-state index contributed by atoms with van der Waals surface area (Å²) in [6.45, 7) is 11.8. The summed E-state index contributed by atoms with van der Waals surface area (Å²) in [5.74, 6) is -3.16. The topological polar surface area (TPSA) is 217 Å². The van der Waals surface area contributed by atoms with E-state index < -0.39 is 54.0 Å². The Morgan fingerprint density at radius 3 is 2.24 bits per heavy atom. The summed E-state index contributed by atoms with van der Waals surface area (Å²) in [7, 11) is 0. The minimum atomic E-state index is -1.24. The zero-order valence-electron chi connectivity index (χ0n) is 30.2. The molecule has 2 unspecified atom stereocenters. The van der Waals surface area contributed by atoms with E-state index in [2.05, 4.69) is 31.1 Å². The van der Waals surface area contributed by atoms with Gasteiger partial charge < -0.3 is 35.5 Å². The van der Waals surface area contributed by atoms with Gasteiger partial charge in [-0.15, -0.1) is 10.2 Å². The zero-order chi connectivity index (χ0) is 37.2. The van der Waals surface area contributed by atoms with Crippen LogP contribution in [0.15, 0.2) is 28.8 Å². The number of aliphatic hydroxyl groups excluding tert-OH is 2. The number of aliphatic hydroxyl groups is 2. The van der Waals surface area contributed by atoms with E-state index in [1.165, 1.54) is 11.8 Å². The summed E-state index contributed by atoms with van der Waals surface area (Å²) in [5, 5.41) is 35.5. The molecule has 5 N–H and O–H groups in total. The number of hydrogen-bond donors (Lipinski definition) is 5. The molecule has 2 aromatic rings. The number of nitrogens with one attached hydrogen (secondary N) is 3. The highest BCUT2D eigenvalue weighted by atomic mass is 16.4. The van der Waals surface area contributed by atoms with E-state index in [0.717, 1.165) is 0 Å². The summed E-state index contributed by atoms with van der Waals surface area (Å²) in [6.07, 6.45) is 4.56. The van der Waals surface area contributed by atoms with Crippen LogP contribution in [0.25, 0.3) is 0 Å². The number of pyridine rings is 1. The molecule has 1 fully saturated rings. The van der Waals surface area contributed by atoms with Gasteiger partial charge in [-0.25, -0.2) is 0 Å². The number of unbranched alkanes of at least 4 members (excludes halogenated alkanes) is 1. The Kier molecular flexibility index (Phi) is 14.2. The molecule has 276 valence electrons. The van der Waals surface area contributed by atoms with E-state index in [0.29, 0.717) is 44.3 Å². The molecular formula is C35H53N7O8. The van der Waals surface area contributed by atoms with Crippen LogP contribution in [-0.2, 0) is 19.8 Å². The molecule has 15 heteroatoms. The Morgan fingerprint density at radius 2 is 1.64 bits per heavy atom. The second-order valence-electron chi connectivity index (χ2n) is 14.6. The number of Topliss-reactive ketones (excluding diaryl/α,β-unsaturated/α-hetero) is 1. The fraction of sp³-hybridized carbons (Fsp3) is 0.657. The predicted octanol–water partition coefficient (Wildman–Crippen LogP) is 1.93. The lowest BCUT2D eigenvalue weighted by atomic mass is 9.93. The van der Waals surface area contributed by atoms with Gasteiger partial charge in [-0.3, -0.25) is 29.0 Å². The Labute approximate surface area is 293 Å². The van der Waals surface area contributed by atoms with Crippen LogP contribution in [0, 0.1) is 11.8 Å². The number of nitrogens with zero attached hydrogens (tertiary/aromatic N) is 4. The molecule has 3 rings (SSSR count). The van der Waals surface area contributed by atoms with Crippen molar-refractivity contribution in [3.05, 3.63) is 41.9 Å². The first kappa shape index (κ1) is 40.2. The number of aromatic nitrogens is 3. The van der Waals surface area contributed by atoms with Gasteiger partial charge in [-0.1, -0.05) is 40.2 Å². The van der Waals surface area contributed by atoms with E-state index in [1.54, 1.807) is 38.2 Å². The first-order valence-corrected chi connectivity index (χ1v) is 17.3. The molecule has 0 bridgehead atoms. The molecule has 1 aliphatic heterocycles. The number of hydrogen-bond acceptors (Lipinski definition) is 11. The van der Waals surface area contributed by atoms with Crippen molar-refractivity contribution in [1.82, 2.24) is 36.0 Å². The third-order valence-corrected chi connectivity index (χ3v) is 8.99. The lowest BCUT2D eigenvalue weighted by molar-refractivity contribution is -0.142. The molecule has 4 amide bonds. The van der Waals surface area contributed by atoms with Gasteiger partial charge in [0.05, 0.1) is 24.7 Å². The number of carbonyl (C=O) groups is 5. The van der Waals surface area contributed by atoms with Crippen molar-refractivity contribution in [3.8, 4) is 0 Å². The Balaban J connectivity index is 1.57. The van der Waals surface area contributed by atoms with Crippen molar-refractivity contribution in [3.63, 3.8) is 0 Å². The van der Waals surface area contributed by atoms with Gasteiger partial charge in [0, 0.05) is 24.7 Å². The fourth-order valence-corrected chi connectivity index (χ4v) is 5.69. The predicted molar refractivity (Wildman–Crippen MR) is 183 cm³/mol. The van der Waals surface area contributed by atoms with Crippen LogP contribution in [0.5, 0.6) is 0 Å². The summed E-state index contributed by atoms with van der Waals surface area (Å²) >= 11 is 0. The van der Waals surface area contributed by atoms with Gasteiger partial charge >= 0.3 is 0 Å². The van der Waals surface area contributed by atoms with Crippen LogP contribution in [0.1, 0.15) is 114 Å². The van der Waals surface area contributed by atoms with E-state index in [-0.39, 0.29) is 47.8 Å². The van der Waals surface area contributed by atoms with Crippen molar-refractivity contribution in [2.75, 3.05) is 19.8 Å². The van der Waals surface area contributed by atoms with Crippen molar-refractivity contribution in [2.45, 2.75) is 116 Å². The summed E-state index contributed by atoms with van der Waals surface area (Å²) < 4.78 is 5.50. The van der Waals surface area contributed by atoms with Crippen LogP contribution >= 0.6 is 0 Å². The minimum absolute atomic E-state index is 0.108. The van der Waals surface area contributed by atoms with Gasteiger partial charge in [0.1, 0.15) is 17.8 Å². The maximum absolute atomic E-state index is 13.8. The van der Waals surface area contributed by atoms with Gasteiger partial charge in [0.15, 0.2) is 0 Å². The molecule has 3 atom stereocenters. The van der Waals surface area contributed by atoms with E-state index in [1.807, 2.05) is 27.7 Å². The first-order chi connectivity index (χ1) is 23.5. The fourth-order valence-electron chi connectivity index (χ4n) is 5.69. The second-order valence-corrected chi connectivity index (χ2v) is 14.6. The molecule has 15 nitrogen and oxygen atoms in total. The molecule has 50 heavy (non-hydrogen) atoms. The van der Waals surface area contributed by atoms with Crippen molar-refractivity contribution in [2.24, 2.45) is 11.8 Å². The molecule has 0 spiro atoms. The van der Waals surface area contributed by atoms with Gasteiger partial charge in [0.2, 0.25) is 29.4 Å². The average Bonchev–Trinajstić information content (AvgIpc) is 3.78. The Morgan fingerprint density at radius 1 is 0.960 bits per heavy atom. The Bertz CT molecular complexity index is 1470. The highest BCUT2D eigenvalue weighted by Gasteiger charge is 2.41. The standard InChI is InChI=1S/C35H53N7O8/c1-21(2)26(28(46)31-40-41-33(50-31)35(7,19-43)20-44)38-30(48)24-14-12-18-42(24)32(49)27(22(3)4)37-25(45)15-8-10-16-34(5,6)39-29(47)23-13-9-11-17-36-23/h9,11,13,17,21-22,24,26-27,43-44H,8,10,12,14-16,18-20H2,1-7H3,(H,37,45)(H,38,48)(H,39,47)/t24-,26?,27?/m0/s1. The summed E-state index contributed by atoms with van der Waals surface area (Å²) in [4.78, 5) is 71.8. The zero-order valence-corrected chi connectivity index (χ0v) is 30.2. The number of rotatable bonds is 18. The van der Waals surface area contributed by atoms with Gasteiger partial charge in [-0.05, 0) is 70.4 Å². The Hall–Kier alpha value is -4.24. The van der Waals surface area contributed by atoms with Crippen LogP contribution < -0.4 is 16.0 Å². The second kappa shape index (κ2) is 17.6. The minimum Gasteiger partial charge on any atom is -0.417 e. The van der Waals surface area contributed by atoms with Gasteiger partial charge in [0.25, 0.3) is 11.8 Å². The molecule has 0 aromatic carbocycles. The van der Waals surface area contributed by atoms with Crippen molar-refractivity contribution < 1.29 is 38.6 Å². The SMILES string of the molecule is CC(C)C(NC(=O)[C@@H]1CCCN1C(=O)C(NC(=O)CCCCC(C)(C)NC(=O)c1ccccn1)C(C)C)C(=O)c1nnc(C(C)(CO)CO)o1. The van der Waals surface area contributed by atoms with Crippen LogP contribution in [0.4, 0.5) is 0 Å². The first-order valence-electron chi connectivity index (χ1n) is 17.3. The van der Waals surface area contributed by atoms with E-state index in [9.17, 15) is 34.2 Å². The van der Waals surface area contributed by atoms with Crippen molar-refractivity contribution >= 4 is 29.4 Å². The lowest BCUT2D eigenvalue weighted by Gasteiger charge is -2.31. The highest BCUT2D eigenvalue weighted by Crippen LogP contribution is 2.24. The molecule has 3 heterocycles. The van der Waals surface area contributed by atoms with Crippen LogP contribution in [0.3, 0.4) is 0 Å². The molecule has 0 radical (unpaired) electrons. The summed E-state index contributed by atoms with van der Waals surface area (Å²) in [5.41, 5.74) is -1.42. The molecule has 2 aromatic heterocycles. The third-order valence-electron chi connectivity index (χ3n) is 8.99. The smallest absolute Gasteiger partial charge is 0.286 e. The van der Waals surface area contributed by atoms with E-state index in [4.69, 9.17) is 4.42 Å². The number of amides is 4. The monoisotopic (exact) mass is 699 g/mol.